The summed E-state index contributed by atoms with van der Waals surface area (Å²) >= 11 is 0. The number of anilines is 2. The van der Waals surface area contributed by atoms with Crippen molar-refractivity contribution in [3.63, 3.8) is 0 Å². The van der Waals surface area contributed by atoms with Crippen LogP contribution >= 0.6 is 0 Å². The Hall–Kier alpha value is -2.14. The third-order valence-corrected chi connectivity index (χ3v) is 3.12. The molecular weight excluding hydrogens is 250 g/mol. The second-order valence-corrected chi connectivity index (χ2v) is 4.73. The molecule has 0 unspecified atom stereocenters. The zero-order valence-electron chi connectivity index (χ0n) is 12.0. The molecule has 106 valence electrons. The SMILES string of the molecule is CCCc1nc(NN)cc(NCc2ccccc2C)n1. The van der Waals surface area contributed by atoms with Gasteiger partial charge in [0.2, 0.25) is 0 Å². The van der Waals surface area contributed by atoms with Gasteiger partial charge in [0.25, 0.3) is 0 Å². The number of benzene rings is 1. The van der Waals surface area contributed by atoms with Crippen LogP contribution < -0.4 is 16.6 Å². The van der Waals surface area contributed by atoms with Crippen molar-refractivity contribution in [2.45, 2.75) is 33.2 Å². The summed E-state index contributed by atoms with van der Waals surface area (Å²) in [5.74, 6) is 7.67. The molecule has 0 bridgehead atoms. The van der Waals surface area contributed by atoms with Gasteiger partial charge in [0.15, 0.2) is 0 Å². The van der Waals surface area contributed by atoms with Crippen LogP contribution in [-0.2, 0) is 13.0 Å². The Morgan fingerprint density at radius 2 is 1.90 bits per heavy atom. The van der Waals surface area contributed by atoms with Crippen molar-refractivity contribution in [2.24, 2.45) is 5.84 Å². The minimum atomic E-state index is 0.635. The van der Waals surface area contributed by atoms with Crippen molar-refractivity contribution >= 4 is 11.6 Å². The lowest BCUT2D eigenvalue weighted by molar-refractivity contribution is 0.834. The number of hydrazine groups is 1. The van der Waals surface area contributed by atoms with Crippen LogP contribution in [0.4, 0.5) is 11.6 Å². The van der Waals surface area contributed by atoms with Crippen LogP contribution in [0, 0.1) is 6.92 Å². The maximum atomic E-state index is 5.45. The summed E-state index contributed by atoms with van der Waals surface area (Å²) in [5, 5.41) is 3.33. The van der Waals surface area contributed by atoms with Crippen molar-refractivity contribution in [3.8, 4) is 0 Å². The van der Waals surface area contributed by atoms with Gasteiger partial charge < -0.3 is 10.7 Å². The van der Waals surface area contributed by atoms with E-state index in [0.29, 0.717) is 5.82 Å². The molecule has 0 saturated heterocycles. The second kappa shape index (κ2) is 6.86. The molecule has 1 heterocycles. The van der Waals surface area contributed by atoms with Gasteiger partial charge in [0.1, 0.15) is 17.5 Å². The largest absolute Gasteiger partial charge is 0.366 e. The molecule has 2 aromatic rings. The third-order valence-electron chi connectivity index (χ3n) is 3.12. The Morgan fingerprint density at radius 1 is 1.15 bits per heavy atom. The van der Waals surface area contributed by atoms with Crippen molar-refractivity contribution in [1.82, 2.24) is 9.97 Å². The molecule has 0 aliphatic heterocycles. The van der Waals surface area contributed by atoms with E-state index in [1.54, 1.807) is 0 Å². The quantitative estimate of drug-likeness (QED) is 0.556. The van der Waals surface area contributed by atoms with E-state index in [1.165, 1.54) is 11.1 Å². The maximum Gasteiger partial charge on any atom is 0.145 e. The molecule has 4 N–H and O–H groups in total. The Balaban J connectivity index is 2.12. The molecule has 0 radical (unpaired) electrons. The van der Waals surface area contributed by atoms with Crippen LogP contribution in [0.3, 0.4) is 0 Å². The van der Waals surface area contributed by atoms with Crippen molar-refractivity contribution < 1.29 is 0 Å². The van der Waals surface area contributed by atoms with Gasteiger partial charge in [-0.05, 0) is 24.5 Å². The summed E-state index contributed by atoms with van der Waals surface area (Å²) in [6.45, 7) is 4.94. The topological polar surface area (TPSA) is 75.9 Å². The summed E-state index contributed by atoms with van der Waals surface area (Å²) in [6.07, 6.45) is 1.85. The second-order valence-electron chi connectivity index (χ2n) is 4.73. The summed E-state index contributed by atoms with van der Waals surface area (Å²) in [4.78, 5) is 8.83. The predicted molar refractivity (Wildman–Crippen MR) is 82.3 cm³/mol. The minimum Gasteiger partial charge on any atom is -0.366 e. The van der Waals surface area contributed by atoms with Crippen LogP contribution in [0.15, 0.2) is 30.3 Å². The number of aryl methyl sites for hydroxylation is 2. The van der Waals surface area contributed by atoms with Crippen LogP contribution in [0.1, 0.15) is 30.3 Å². The van der Waals surface area contributed by atoms with Gasteiger partial charge in [-0.15, -0.1) is 0 Å². The highest BCUT2D eigenvalue weighted by Gasteiger charge is 2.04. The fourth-order valence-corrected chi connectivity index (χ4v) is 1.99. The molecule has 0 saturated carbocycles. The Morgan fingerprint density at radius 3 is 2.60 bits per heavy atom. The lowest BCUT2D eigenvalue weighted by Gasteiger charge is -2.11. The third kappa shape index (κ3) is 3.68. The van der Waals surface area contributed by atoms with Gasteiger partial charge in [-0.1, -0.05) is 31.2 Å². The van der Waals surface area contributed by atoms with Crippen LogP contribution in [0.5, 0.6) is 0 Å². The number of hydrogen-bond donors (Lipinski definition) is 3. The number of nitrogen functional groups attached to an aromatic ring is 1. The number of nitrogens with two attached hydrogens (primary N) is 1. The number of hydrogen-bond acceptors (Lipinski definition) is 5. The normalized spacial score (nSPS) is 10.3. The number of rotatable bonds is 6. The Labute approximate surface area is 119 Å². The highest BCUT2D eigenvalue weighted by Crippen LogP contribution is 2.14. The molecule has 0 atom stereocenters. The smallest absolute Gasteiger partial charge is 0.145 e. The molecule has 5 heteroatoms. The first-order valence-corrected chi connectivity index (χ1v) is 6.86. The van der Waals surface area contributed by atoms with E-state index < -0.39 is 0 Å². The standard InChI is InChI=1S/C15H21N5/c1-3-6-13-18-14(9-15(19-13)20-16)17-10-12-8-5-4-7-11(12)2/h4-5,7-9H,3,6,10,16H2,1-2H3,(H2,17,18,19,20). The lowest BCUT2D eigenvalue weighted by atomic mass is 10.1. The first kappa shape index (κ1) is 14.3. The van der Waals surface area contributed by atoms with Crippen LogP contribution in [0.25, 0.3) is 0 Å². The van der Waals surface area contributed by atoms with Gasteiger partial charge in [-0.25, -0.2) is 15.8 Å². The number of nitrogens with zero attached hydrogens (tertiary/aromatic N) is 2. The molecule has 0 spiro atoms. The van der Waals surface area contributed by atoms with E-state index in [-0.39, 0.29) is 0 Å². The van der Waals surface area contributed by atoms with Gasteiger partial charge in [0, 0.05) is 19.0 Å². The summed E-state index contributed by atoms with van der Waals surface area (Å²) < 4.78 is 0. The number of nitrogens with one attached hydrogen (secondary N) is 2. The average Bonchev–Trinajstić information content (AvgIpc) is 2.46. The van der Waals surface area contributed by atoms with E-state index in [4.69, 9.17) is 5.84 Å². The summed E-state index contributed by atoms with van der Waals surface area (Å²) in [5.41, 5.74) is 5.10. The van der Waals surface area contributed by atoms with Gasteiger partial charge in [-0.3, -0.25) is 0 Å². The fourth-order valence-electron chi connectivity index (χ4n) is 1.99. The molecule has 0 aliphatic rings. The first-order valence-electron chi connectivity index (χ1n) is 6.86. The molecule has 0 fully saturated rings. The first-order chi connectivity index (χ1) is 9.72. The monoisotopic (exact) mass is 271 g/mol. The van der Waals surface area contributed by atoms with Crippen molar-refractivity contribution in [3.05, 3.63) is 47.3 Å². The average molecular weight is 271 g/mol. The van der Waals surface area contributed by atoms with Crippen LogP contribution in [-0.4, -0.2) is 9.97 Å². The highest BCUT2D eigenvalue weighted by molar-refractivity contribution is 5.47. The summed E-state index contributed by atoms with van der Waals surface area (Å²) in [6, 6.07) is 10.1. The fraction of sp³-hybridized carbons (Fsp3) is 0.333. The molecule has 1 aromatic heterocycles. The maximum absolute atomic E-state index is 5.45. The highest BCUT2D eigenvalue weighted by atomic mass is 15.3. The molecular formula is C15H21N5. The van der Waals surface area contributed by atoms with Gasteiger partial charge >= 0.3 is 0 Å². The van der Waals surface area contributed by atoms with Gasteiger partial charge in [-0.2, -0.15) is 0 Å². The molecule has 2 rings (SSSR count). The molecule has 0 aliphatic carbocycles. The lowest BCUT2D eigenvalue weighted by Crippen LogP contribution is -2.12. The molecule has 20 heavy (non-hydrogen) atoms. The summed E-state index contributed by atoms with van der Waals surface area (Å²) in [7, 11) is 0. The van der Waals surface area contributed by atoms with E-state index in [1.807, 2.05) is 18.2 Å². The minimum absolute atomic E-state index is 0.635. The van der Waals surface area contributed by atoms with Crippen LogP contribution in [0.2, 0.25) is 0 Å². The van der Waals surface area contributed by atoms with E-state index >= 15 is 0 Å². The van der Waals surface area contributed by atoms with Crippen molar-refractivity contribution in [2.75, 3.05) is 10.7 Å². The van der Waals surface area contributed by atoms with E-state index in [9.17, 15) is 0 Å². The zero-order chi connectivity index (χ0) is 14.4. The van der Waals surface area contributed by atoms with E-state index in [2.05, 4.69) is 46.7 Å². The van der Waals surface area contributed by atoms with Gasteiger partial charge in [0.05, 0.1) is 0 Å². The molecule has 0 amide bonds. The Bertz CT molecular complexity index is 568. The Kier molecular flexibility index (Phi) is 4.90. The zero-order valence-corrected chi connectivity index (χ0v) is 12.0. The van der Waals surface area contributed by atoms with E-state index in [0.717, 1.165) is 31.0 Å². The number of aromatic nitrogens is 2. The molecule has 5 nitrogen and oxygen atoms in total. The van der Waals surface area contributed by atoms with Crippen molar-refractivity contribution in [1.29, 1.82) is 0 Å². The molecule has 1 aromatic carbocycles. The predicted octanol–water partition coefficient (Wildman–Crippen LogP) is 2.64.